The summed E-state index contributed by atoms with van der Waals surface area (Å²) < 4.78 is 53.4. The molecule has 2 aromatic rings. The number of halogens is 2. The summed E-state index contributed by atoms with van der Waals surface area (Å²) in [4.78, 5) is -0.677. The Morgan fingerprint density at radius 3 is 2.33 bits per heavy atom. The minimum Gasteiger partial charge on any atom is -0.396 e. The number of hydrogen-bond acceptors (Lipinski definition) is 3. The third-order valence-electron chi connectivity index (χ3n) is 2.97. The van der Waals surface area contributed by atoms with E-state index < -0.39 is 38.3 Å². The van der Waals surface area contributed by atoms with Crippen LogP contribution >= 0.6 is 0 Å². The number of hydrogen-bond donors (Lipinski definition) is 2. The number of nitrogens with two attached hydrogens (primary N) is 1. The molecule has 7 heteroatoms. The summed E-state index contributed by atoms with van der Waals surface area (Å²) in [5.41, 5.74) is 5.59. The Balaban J connectivity index is 2.33. The smallest absolute Gasteiger partial charge is 0.244 e. The molecule has 0 aliphatic rings. The molecule has 0 saturated heterocycles. The lowest BCUT2D eigenvalue weighted by molar-refractivity contribution is 0.538. The first kappa shape index (κ1) is 15.4. The lowest BCUT2D eigenvalue weighted by Crippen LogP contribution is -2.27. The molecule has 112 valence electrons. The van der Waals surface area contributed by atoms with Crippen LogP contribution in [0.2, 0.25) is 0 Å². The topological polar surface area (TPSA) is 72.2 Å². The first-order chi connectivity index (χ1) is 9.81. The zero-order valence-corrected chi connectivity index (χ0v) is 12.0. The van der Waals surface area contributed by atoms with Gasteiger partial charge in [-0.1, -0.05) is 30.3 Å². The van der Waals surface area contributed by atoms with Crippen LogP contribution in [0, 0.1) is 11.6 Å². The fourth-order valence-corrected chi connectivity index (χ4v) is 3.18. The van der Waals surface area contributed by atoms with E-state index in [0.717, 1.165) is 11.6 Å². The highest BCUT2D eigenvalue weighted by Crippen LogP contribution is 2.23. The Bertz CT molecular complexity index is 749. The van der Waals surface area contributed by atoms with E-state index in [9.17, 15) is 17.2 Å². The van der Waals surface area contributed by atoms with E-state index >= 15 is 0 Å². The van der Waals surface area contributed by atoms with Gasteiger partial charge in [0.1, 0.15) is 16.5 Å². The lowest BCUT2D eigenvalue weighted by atomic mass is 10.1. The van der Waals surface area contributed by atoms with E-state index in [1.54, 1.807) is 37.3 Å². The van der Waals surface area contributed by atoms with Crippen molar-refractivity contribution < 1.29 is 17.2 Å². The molecule has 0 radical (unpaired) electrons. The van der Waals surface area contributed by atoms with Crippen LogP contribution in [0.5, 0.6) is 0 Å². The summed E-state index contributed by atoms with van der Waals surface area (Å²) >= 11 is 0. The highest BCUT2D eigenvalue weighted by Gasteiger charge is 2.23. The first-order valence-corrected chi connectivity index (χ1v) is 7.61. The van der Waals surface area contributed by atoms with Crippen molar-refractivity contribution in [1.82, 2.24) is 4.72 Å². The molecule has 21 heavy (non-hydrogen) atoms. The third kappa shape index (κ3) is 3.37. The monoisotopic (exact) mass is 312 g/mol. The number of nitrogen functional groups attached to an aromatic ring is 1. The van der Waals surface area contributed by atoms with Crippen LogP contribution in [-0.4, -0.2) is 8.42 Å². The summed E-state index contributed by atoms with van der Waals surface area (Å²) in [5, 5.41) is 0. The average molecular weight is 312 g/mol. The van der Waals surface area contributed by atoms with Gasteiger partial charge in [0, 0.05) is 12.1 Å². The van der Waals surface area contributed by atoms with Crippen molar-refractivity contribution in [2.75, 3.05) is 5.73 Å². The van der Waals surface area contributed by atoms with Crippen molar-refractivity contribution in [3.8, 4) is 0 Å². The number of rotatable bonds is 4. The van der Waals surface area contributed by atoms with E-state index in [1.807, 2.05) is 0 Å². The average Bonchev–Trinajstić information content (AvgIpc) is 2.43. The SMILES string of the molecule is CC(NS(=O)(=O)c1cc(N)c(F)cc1F)c1ccccc1. The summed E-state index contributed by atoms with van der Waals surface area (Å²) in [6.07, 6.45) is 0. The predicted octanol–water partition coefficient (Wildman–Crippen LogP) is 2.59. The number of nitrogens with one attached hydrogen (secondary N) is 1. The molecule has 0 bridgehead atoms. The van der Waals surface area contributed by atoms with Crippen LogP contribution in [0.15, 0.2) is 47.4 Å². The van der Waals surface area contributed by atoms with Gasteiger partial charge in [-0.25, -0.2) is 21.9 Å². The van der Waals surface area contributed by atoms with Gasteiger partial charge in [0.15, 0.2) is 0 Å². The Morgan fingerprint density at radius 2 is 1.71 bits per heavy atom. The van der Waals surface area contributed by atoms with Crippen molar-refractivity contribution in [2.45, 2.75) is 17.9 Å². The fraction of sp³-hybridized carbons (Fsp3) is 0.143. The first-order valence-electron chi connectivity index (χ1n) is 6.13. The highest BCUT2D eigenvalue weighted by atomic mass is 32.2. The molecule has 0 heterocycles. The van der Waals surface area contributed by atoms with Gasteiger partial charge in [0.05, 0.1) is 5.69 Å². The van der Waals surface area contributed by atoms with Gasteiger partial charge in [-0.2, -0.15) is 0 Å². The Kier molecular flexibility index (Phi) is 4.24. The summed E-state index contributed by atoms with van der Waals surface area (Å²) in [6.45, 7) is 1.62. The molecule has 0 aliphatic heterocycles. The van der Waals surface area contributed by atoms with Crippen molar-refractivity contribution in [3.05, 3.63) is 59.7 Å². The van der Waals surface area contributed by atoms with Crippen LogP contribution in [0.3, 0.4) is 0 Å². The van der Waals surface area contributed by atoms with E-state index in [4.69, 9.17) is 5.73 Å². The van der Waals surface area contributed by atoms with Crippen LogP contribution in [-0.2, 0) is 10.0 Å². The molecule has 3 N–H and O–H groups in total. The van der Waals surface area contributed by atoms with Gasteiger partial charge in [0.25, 0.3) is 0 Å². The second-order valence-electron chi connectivity index (χ2n) is 4.56. The maximum Gasteiger partial charge on any atom is 0.244 e. The van der Waals surface area contributed by atoms with E-state index in [-0.39, 0.29) is 0 Å². The summed E-state index contributed by atoms with van der Waals surface area (Å²) in [6, 6.07) is 9.45. The van der Waals surface area contributed by atoms with Crippen molar-refractivity contribution in [3.63, 3.8) is 0 Å². The van der Waals surface area contributed by atoms with E-state index in [2.05, 4.69) is 4.72 Å². The molecule has 0 aromatic heterocycles. The number of anilines is 1. The molecule has 1 unspecified atom stereocenters. The van der Waals surface area contributed by atoms with E-state index in [1.165, 1.54) is 0 Å². The molecular formula is C14H14F2N2O2S. The molecule has 2 aromatic carbocycles. The predicted molar refractivity (Wildman–Crippen MR) is 75.9 cm³/mol. The second kappa shape index (κ2) is 5.79. The van der Waals surface area contributed by atoms with Gasteiger partial charge < -0.3 is 5.73 Å². The molecule has 0 aliphatic carbocycles. The minimum absolute atomic E-state index is 0.427. The fourth-order valence-electron chi connectivity index (χ4n) is 1.86. The van der Waals surface area contributed by atoms with Crippen LogP contribution in [0.1, 0.15) is 18.5 Å². The maximum atomic E-state index is 13.7. The molecule has 4 nitrogen and oxygen atoms in total. The van der Waals surface area contributed by atoms with Crippen LogP contribution in [0.25, 0.3) is 0 Å². The minimum atomic E-state index is -4.15. The maximum absolute atomic E-state index is 13.7. The van der Waals surface area contributed by atoms with Crippen molar-refractivity contribution >= 4 is 15.7 Å². The summed E-state index contributed by atoms with van der Waals surface area (Å²) in [5.74, 6) is -2.18. The molecular weight excluding hydrogens is 298 g/mol. The van der Waals surface area contributed by atoms with Gasteiger partial charge in [-0.3, -0.25) is 0 Å². The van der Waals surface area contributed by atoms with E-state index in [0.29, 0.717) is 6.07 Å². The Hall–Kier alpha value is -1.99. The largest absolute Gasteiger partial charge is 0.396 e. The molecule has 0 saturated carbocycles. The highest BCUT2D eigenvalue weighted by molar-refractivity contribution is 7.89. The lowest BCUT2D eigenvalue weighted by Gasteiger charge is -2.15. The number of sulfonamides is 1. The molecule has 2 rings (SSSR count). The van der Waals surface area contributed by atoms with Gasteiger partial charge in [-0.15, -0.1) is 0 Å². The van der Waals surface area contributed by atoms with Crippen LogP contribution < -0.4 is 10.5 Å². The molecule has 0 spiro atoms. The zero-order valence-electron chi connectivity index (χ0n) is 11.2. The van der Waals surface area contributed by atoms with Crippen molar-refractivity contribution in [1.29, 1.82) is 0 Å². The van der Waals surface area contributed by atoms with Crippen LogP contribution in [0.4, 0.5) is 14.5 Å². The third-order valence-corrected chi connectivity index (χ3v) is 4.53. The molecule has 0 fully saturated rings. The molecule has 0 amide bonds. The zero-order chi connectivity index (χ0) is 15.6. The van der Waals surface area contributed by atoms with Gasteiger partial charge in [0.2, 0.25) is 10.0 Å². The molecule has 1 atom stereocenters. The quantitative estimate of drug-likeness (QED) is 0.852. The van der Waals surface area contributed by atoms with Crippen molar-refractivity contribution in [2.24, 2.45) is 0 Å². The Labute approximate surface area is 121 Å². The second-order valence-corrected chi connectivity index (χ2v) is 6.24. The standard InChI is InChI=1S/C14H14F2N2O2S/c1-9(10-5-3-2-4-6-10)18-21(19,20)14-8-13(17)11(15)7-12(14)16/h2-9,18H,17H2,1H3. The Morgan fingerprint density at radius 1 is 1.10 bits per heavy atom. The van der Waals surface area contributed by atoms with Gasteiger partial charge in [-0.05, 0) is 18.6 Å². The van der Waals surface area contributed by atoms with Gasteiger partial charge >= 0.3 is 0 Å². The summed E-state index contributed by atoms with van der Waals surface area (Å²) in [7, 11) is -4.15. The number of benzene rings is 2. The normalized spacial score (nSPS) is 13.1.